The molecule has 3 unspecified atom stereocenters. The topological polar surface area (TPSA) is 124 Å². The summed E-state index contributed by atoms with van der Waals surface area (Å²) in [6.07, 6.45) is 44.9. The van der Waals surface area contributed by atoms with Gasteiger partial charge < -0.3 is 15.5 Å². The zero-order valence-electron chi connectivity index (χ0n) is 33.1. The van der Waals surface area contributed by atoms with Gasteiger partial charge in [-0.2, -0.15) is 8.42 Å². The van der Waals surface area contributed by atoms with Crippen molar-refractivity contribution in [2.24, 2.45) is 0 Å². The van der Waals surface area contributed by atoms with E-state index >= 15 is 0 Å². The van der Waals surface area contributed by atoms with Gasteiger partial charge in [0.25, 0.3) is 10.1 Å². The van der Waals surface area contributed by atoms with Gasteiger partial charge in [0.2, 0.25) is 5.91 Å². The Kier molecular flexibility index (Phi) is 35.8. The molecule has 0 bridgehead atoms. The lowest BCUT2D eigenvalue weighted by atomic mass is 10.0. The van der Waals surface area contributed by atoms with Crippen LogP contribution in [0, 0.1) is 0 Å². The predicted molar refractivity (Wildman–Crippen MR) is 218 cm³/mol. The second-order valence-electron chi connectivity index (χ2n) is 14.8. The molecule has 0 aliphatic carbocycles. The highest BCUT2D eigenvalue weighted by molar-refractivity contribution is 7.85. The summed E-state index contributed by atoms with van der Waals surface area (Å²) in [5.41, 5.74) is 0. The van der Waals surface area contributed by atoms with Crippen LogP contribution in [0.4, 0.5) is 0 Å². The molecule has 1 amide bonds. The number of aliphatic hydroxyl groups excluding tert-OH is 2. The number of carbonyl (C=O) groups excluding carboxylic acids is 1. The highest BCUT2D eigenvalue weighted by atomic mass is 32.2. The smallest absolute Gasteiger partial charge is 0.267 e. The van der Waals surface area contributed by atoms with Gasteiger partial charge in [0.15, 0.2) is 0 Å². The van der Waals surface area contributed by atoms with Crippen LogP contribution in [0.2, 0.25) is 0 Å². The first kappa shape index (κ1) is 49.5. The fraction of sp³-hybridized carbons (Fsp3) is 0.837. The van der Waals surface area contributed by atoms with Gasteiger partial charge in [-0.1, -0.05) is 185 Å². The van der Waals surface area contributed by atoms with Crippen molar-refractivity contribution in [2.45, 2.75) is 225 Å². The van der Waals surface area contributed by atoms with E-state index in [4.69, 9.17) is 0 Å². The standard InChI is InChI=1S/C43H81NO6S/c1-3-5-7-9-11-13-15-17-19-20-21-22-23-24-26-27-29-31-33-35-37-41(45)40(39-51(48,49)50)44-43(47)42(46)38-36-34-32-30-28-25-18-16-14-12-10-8-6-4-2/h14,16,27,29,35,37,40-42,45-46H,3-13,15,17-26,28,30-34,36,38-39H2,1-2H3,(H,44,47)(H,48,49,50)/b16-14-,29-27+,37-35+. The number of amides is 1. The van der Waals surface area contributed by atoms with Gasteiger partial charge in [-0.3, -0.25) is 9.35 Å². The zero-order valence-corrected chi connectivity index (χ0v) is 33.9. The summed E-state index contributed by atoms with van der Waals surface area (Å²) < 4.78 is 32.5. The van der Waals surface area contributed by atoms with E-state index in [1.165, 1.54) is 141 Å². The Morgan fingerprint density at radius 2 is 0.882 bits per heavy atom. The molecule has 51 heavy (non-hydrogen) atoms. The van der Waals surface area contributed by atoms with Crippen molar-refractivity contribution in [2.75, 3.05) is 5.75 Å². The highest BCUT2D eigenvalue weighted by Gasteiger charge is 2.27. The van der Waals surface area contributed by atoms with Crippen LogP contribution in [0.5, 0.6) is 0 Å². The summed E-state index contributed by atoms with van der Waals surface area (Å²) in [5.74, 6) is -1.56. The molecule has 0 spiro atoms. The summed E-state index contributed by atoms with van der Waals surface area (Å²) in [6.45, 7) is 4.50. The Morgan fingerprint density at radius 1 is 0.529 bits per heavy atom. The Balaban J connectivity index is 4.06. The van der Waals surface area contributed by atoms with Crippen LogP contribution in [-0.2, 0) is 14.9 Å². The molecule has 0 aromatic carbocycles. The number of hydrogen-bond donors (Lipinski definition) is 4. The number of hydrogen-bond acceptors (Lipinski definition) is 5. The van der Waals surface area contributed by atoms with Crippen molar-refractivity contribution < 1.29 is 28.0 Å². The number of allylic oxidation sites excluding steroid dienone is 5. The third kappa shape index (κ3) is 36.7. The summed E-state index contributed by atoms with van der Waals surface area (Å²) in [5, 5.41) is 23.4. The van der Waals surface area contributed by atoms with E-state index in [2.05, 4.69) is 43.5 Å². The van der Waals surface area contributed by atoms with Crippen LogP contribution in [0.15, 0.2) is 36.5 Å². The average Bonchev–Trinajstić information content (AvgIpc) is 3.09. The van der Waals surface area contributed by atoms with Crippen molar-refractivity contribution in [1.29, 1.82) is 0 Å². The molecule has 0 aliphatic rings. The lowest BCUT2D eigenvalue weighted by Gasteiger charge is -2.22. The third-order valence-electron chi connectivity index (χ3n) is 9.65. The number of nitrogens with one attached hydrogen (secondary N) is 1. The molecular weight excluding hydrogens is 659 g/mol. The Bertz CT molecular complexity index is 964. The van der Waals surface area contributed by atoms with Gasteiger partial charge in [-0.05, 0) is 57.8 Å². The molecule has 7 nitrogen and oxygen atoms in total. The molecule has 4 N–H and O–H groups in total. The first-order valence-electron chi connectivity index (χ1n) is 21.3. The minimum atomic E-state index is -4.45. The highest BCUT2D eigenvalue weighted by Crippen LogP contribution is 2.14. The van der Waals surface area contributed by atoms with Crippen LogP contribution in [0.25, 0.3) is 0 Å². The number of rotatable bonds is 38. The molecule has 300 valence electrons. The van der Waals surface area contributed by atoms with E-state index in [0.29, 0.717) is 12.8 Å². The van der Waals surface area contributed by atoms with Crippen LogP contribution < -0.4 is 5.32 Å². The number of carbonyl (C=O) groups is 1. The van der Waals surface area contributed by atoms with Crippen molar-refractivity contribution in [3.8, 4) is 0 Å². The molecule has 0 radical (unpaired) electrons. The monoisotopic (exact) mass is 740 g/mol. The fourth-order valence-electron chi connectivity index (χ4n) is 6.35. The fourth-order valence-corrected chi connectivity index (χ4v) is 7.08. The predicted octanol–water partition coefficient (Wildman–Crippen LogP) is 11.5. The van der Waals surface area contributed by atoms with Crippen molar-refractivity contribution >= 4 is 16.0 Å². The van der Waals surface area contributed by atoms with E-state index in [1.807, 2.05) is 0 Å². The second kappa shape index (κ2) is 36.9. The number of unbranched alkanes of at least 4 members (excludes halogenated alkanes) is 25. The largest absolute Gasteiger partial charge is 0.387 e. The first-order chi connectivity index (χ1) is 24.7. The van der Waals surface area contributed by atoms with Gasteiger partial charge in [-0.15, -0.1) is 0 Å². The minimum absolute atomic E-state index is 0.267. The summed E-state index contributed by atoms with van der Waals surface area (Å²) >= 11 is 0. The van der Waals surface area contributed by atoms with E-state index < -0.39 is 40.0 Å². The maximum Gasteiger partial charge on any atom is 0.267 e. The van der Waals surface area contributed by atoms with Gasteiger partial charge >= 0.3 is 0 Å². The van der Waals surface area contributed by atoms with Crippen LogP contribution in [0.3, 0.4) is 0 Å². The molecule has 3 atom stereocenters. The minimum Gasteiger partial charge on any atom is -0.387 e. The lowest BCUT2D eigenvalue weighted by molar-refractivity contribution is -0.130. The van der Waals surface area contributed by atoms with Crippen molar-refractivity contribution in [3.63, 3.8) is 0 Å². The number of aliphatic hydroxyl groups is 2. The Morgan fingerprint density at radius 3 is 1.31 bits per heavy atom. The van der Waals surface area contributed by atoms with Gasteiger partial charge in [0, 0.05) is 0 Å². The molecule has 0 fully saturated rings. The quantitative estimate of drug-likeness (QED) is 0.0284. The van der Waals surface area contributed by atoms with Gasteiger partial charge in [-0.25, -0.2) is 0 Å². The van der Waals surface area contributed by atoms with Crippen LogP contribution >= 0.6 is 0 Å². The molecular formula is C43H81NO6S. The molecule has 0 rings (SSSR count). The van der Waals surface area contributed by atoms with Crippen molar-refractivity contribution in [1.82, 2.24) is 5.32 Å². The van der Waals surface area contributed by atoms with Crippen LogP contribution in [-0.4, -0.2) is 53.1 Å². The molecule has 0 saturated carbocycles. The Labute approximate surface area is 315 Å². The maximum atomic E-state index is 12.6. The maximum absolute atomic E-state index is 12.6. The molecule has 0 heterocycles. The molecule has 0 aliphatic heterocycles. The summed E-state index contributed by atoms with van der Waals surface area (Å²) in [4.78, 5) is 12.6. The van der Waals surface area contributed by atoms with E-state index in [0.717, 1.165) is 38.5 Å². The van der Waals surface area contributed by atoms with E-state index in [9.17, 15) is 28.0 Å². The van der Waals surface area contributed by atoms with Gasteiger partial charge in [0.05, 0.1) is 17.9 Å². The van der Waals surface area contributed by atoms with Crippen molar-refractivity contribution in [3.05, 3.63) is 36.5 Å². The molecule has 0 aromatic rings. The lowest BCUT2D eigenvalue weighted by Crippen LogP contribution is -2.50. The third-order valence-corrected chi connectivity index (χ3v) is 10.4. The zero-order chi connectivity index (χ0) is 37.7. The molecule has 0 saturated heterocycles. The first-order valence-corrected chi connectivity index (χ1v) is 22.9. The Hall–Kier alpha value is -1.48. The molecule has 8 heteroatoms. The SMILES string of the molecule is CCCCCC/C=C\CCCCCCCCC(O)C(=O)NC(CS(=O)(=O)O)C(O)/C=C/CC/C=C/CCCCCCCCCCCCCCCC. The van der Waals surface area contributed by atoms with Gasteiger partial charge in [0.1, 0.15) is 6.10 Å². The summed E-state index contributed by atoms with van der Waals surface area (Å²) in [7, 11) is -4.45. The molecule has 0 aromatic heterocycles. The van der Waals surface area contributed by atoms with Crippen LogP contribution in [0.1, 0.15) is 206 Å². The second-order valence-corrected chi connectivity index (χ2v) is 16.2. The van der Waals surface area contributed by atoms with E-state index in [-0.39, 0.29) is 6.42 Å². The average molecular weight is 740 g/mol. The van der Waals surface area contributed by atoms with E-state index in [1.54, 1.807) is 6.08 Å². The normalized spacial score (nSPS) is 14.2. The summed E-state index contributed by atoms with van der Waals surface area (Å²) in [6, 6.07) is -1.25.